The Morgan fingerprint density at radius 3 is 2.50 bits per heavy atom. The Morgan fingerprint density at radius 1 is 1.16 bits per heavy atom. The van der Waals surface area contributed by atoms with E-state index in [1.807, 2.05) is 30.0 Å². The van der Waals surface area contributed by atoms with Crippen LogP contribution in [0.5, 0.6) is 17.2 Å². The standard InChI is InChI=1S/C23H27N3O5S/c1-23-19(21(27)24-14-5-7-15(29-3)8-6-14)20(25-22(32)26(23)11-12-28-2)17-13-16(30-4)9-10-18(17)31-23/h5-10,13,19-20H,11-12H2,1-4H3,(H,24,27)(H,25,32)/t19-,20-,23-/m1/s1. The molecule has 2 aliphatic heterocycles. The first-order chi connectivity index (χ1) is 15.4. The van der Waals surface area contributed by atoms with Crippen molar-refractivity contribution in [1.82, 2.24) is 10.2 Å². The van der Waals surface area contributed by atoms with Gasteiger partial charge in [0.25, 0.3) is 0 Å². The van der Waals surface area contributed by atoms with Gasteiger partial charge in [-0.15, -0.1) is 0 Å². The zero-order valence-corrected chi connectivity index (χ0v) is 19.3. The van der Waals surface area contributed by atoms with Crippen molar-refractivity contribution in [3.63, 3.8) is 0 Å². The molecule has 0 aromatic heterocycles. The Labute approximate surface area is 192 Å². The maximum atomic E-state index is 13.6. The maximum absolute atomic E-state index is 13.6. The molecule has 1 amide bonds. The largest absolute Gasteiger partial charge is 0.497 e. The molecule has 2 aromatic rings. The van der Waals surface area contributed by atoms with E-state index in [0.29, 0.717) is 41.2 Å². The van der Waals surface area contributed by atoms with Gasteiger partial charge in [0.1, 0.15) is 23.2 Å². The number of methoxy groups -OCH3 is 3. The van der Waals surface area contributed by atoms with E-state index in [1.165, 1.54) is 0 Å². The highest BCUT2D eigenvalue weighted by atomic mass is 32.1. The number of nitrogens with zero attached hydrogens (tertiary/aromatic N) is 1. The Balaban J connectivity index is 1.73. The Morgan fingerprint density at radius 2 is 1.84 bits per heavy atom. The molecule has 4 rings (SSSR count). The van der Waals surface area contributed by atoms with Crippen LogP contribution in [0.1, 0.15) is 18.5 Å². The SMILES string of the molecule is COCCN1C(=S)N[C@@H]2c3cc(OC)ccc3O[C@]1(C)[C@H]2C(=O)Nc1ccc(OC)cc1. The number of hydrogen-bond acceptors (Lipinski definition) is 6. The lowest BCUT2D eigenvalue weighted by Gasteiger charge is -2.56. The molecular weight excluding hydrogens is 430 g/mol. The predicted molar refractivity (Wildman–Crippen MR) is 124 cm³/mol. The highest BCUT2D eigenvalue weighted by molar-refractivity contribution is 7.80. The first-order valence-electron chi connectivity index (χ1n) is 10.3. The van der Waals surface area contributed by atoms with Gasteiger partial charge >= 0.3 is 0 Å². The molecule has 0 unspecified atom stereocenters. The summed E-state index contributed by atoms with van der Waals surface area (Å²) in [7, 11) is 4.83. The Kier molecular flexibility index (Phi) is 6.12. The third-order valence-electron chi connectivity index (χ3n) is 6.00. The predicted octanol–water partition coefficient (Wildman–Crippen LogP) is 2.94. The number of carbonyl (C=O) groups is 1. The lowest BCUT2D eigenvalue weighted by atomic mass is 9.78. The fourth-order valence-electron chi connectivity index (χ4n) is 4.36. The molecule has 0 saturated carbocycles. The molecule has 8 nitrogen and oxygen atoms in total. The van der Waals surface area contributed by atoms with Gasteiger partial charge in [-0.05, 0) is 61.6 Å². The minimum absolute atomic E-state index is 0.187. The van der Waals surface area contributed by atoms with Gasteiger partial charge in [0.2, 0.25) is 5.91 Å². The number of benzene rings is 2. The van der Waals surface area contributed by atoms with Gasteiger partial charge in [0.05, 0.1) is 26.9 Å². The molecule has 3 atom stereocenters. The summed E-state index contributed by atoms with van der Waals surface area (Å²) >= 11 is 5.66. The van der Waals surface area contributed by atoms with Crippen molar-refractivity contribution in [2.45, 2.75) is 18.7 Å². The first kappa shape index (κ1) is 22.2. The lowest BCUT2D eigenvalue weighted by molar-refractivity contribution is -0.150. The molecule has 1 fully saturated rings. The normalized spacial score (nSPS) is 23.5. The fraction of sp³-hybridized carbons (Fsp3) is 0.391. The van der Waals surface area contributed by atoms with E-state index in [4.69, 9.17) is 31.2 Å². The topological polar surface area (TPSA) is 81.3 Å². The van der Waals surface area contributed by atoms with Crippen molar-refractivity contribution < 1.29 is 23.7 Å². The quantitative estimate of drug-likeness (QED) is 0.615. The van der Waals surface area contributed by atoms with Crippen molar-refractivity contribution >= 4 is 28.9 Å². The van der Waals surface area contributed by atoms with E-state index in [1.54, 1.807) is 45.6 Å². The van der Waals surface area contributed by atoms with E-state index < -0.39 is 11.6 Å². The van der Waals surface area contributed by atoms with Crippen LogP contribution >= 0.6 is 12.2 Å². The third-order valence-corrected chi connectivity index (χ3v) is 6.34. The van der Waals surface area contributed by atoms with Gasteiger partial charge < -0.3 is 34.5 Å². The van der Waals surface area contributed by atoms with Gasteiger partial charge in [0.15, 0.2) is 10.8 Å². The number of anilines is 1. The van der Waals surface area contributed by atoms with Crippen molar-refractivity contribution in [2.75, 3.05) is 39.8 Å². The number of hydrogen-bond donors (Lipinski definition) is 2. The van der Waals surface area contributed by atoms with Gasteiger partial charge in [-0.25, -0.2) is 0 Å². The van der Waals surface area contributed by atoms with Crippen LogP contribution in [0.4, 0.5) is 5.69 Å². The molecule has 2 heterocycles. The van der Waals surface area contributed by atoms with Crippen LogP contribution in [0.3, 0.4) is 0 Å². The molecular formula is C23H27N3O5S. The van der Waals surface area contributed by atoms with Crippen LogP contribution in [0.25, 0.3) is 0 Å². The molecule has 1 saturated heterocycles. The summed E-state index contributed by atoms with van der Waals surface area (Å²) < 4.78 is 22.4. The first-order valence-corrected chi connectivity index (χ1v) is 10.7. The Hall–Kier alpha value is -3.04. The number of amides is 1. The number of rotatable bonds is 7. The maximum Gasteiger partial charge on any atom is 0.236 e. The minimum Gasteiger partial charge on any atom is -0.497 e. The highest BCUT2D eigenvalue weighted by Gasteiger charge is 2.58. The smallest absolute Gasteiger partial charge is 0.236 e. The van der Waals surface area contributed by atoms with Gasteiger partial charge in [-0.2, -0.15) is 0 Å². The van der Waals surface area contributed by atoms with Crippen LogP contribution in [-0.2, 0) is 9.53 Å². The van der Waals surface area contributed by atoms with E-state index >= 15 is 0 Å². The summed E-state index contributed by atoms with van der Waals surface area (Å²) in [5, 5.41) is 6.89. The molecule has 0 radical (unpaired) electrons. The summed E-state index contributed by atoms with van der Waals surface area (Å²) in [6.07, 6.45) is 0. The second kappa shape index (κ2) is 8.84. The van der Waals surface area contributed by atoms with Crippen LogP contribution < -0.4 is 24.8 Å². The number of nitrogens with one attached hydrogen (secondary N) is 2. The molecule has 9 heteroatoms. The summed E-state index contributed by atoms with van der Waals surface area (Å²) in [5.74, 6) is 1.29. The van der Waals surface area contributed by atoms with E-state index in [0.717, 1.165) is 5.56 Å². The zero-order valence-electron chi connectivity index (χ0n) is 18.5. The monoisotopic (exact) mass is 457 g/mol. The van der Waals surface area contributed by atoms with Crippen LogP contribution in [0, 0.1) is 5.92 Å². The Bertz CT molecular complexity index is 1020. The van der Waals surface area contributed by atoms with Gasteiger partial charge in [-0.3, -0.25) is 4.79 Å². The number of carbonyl (C=O) groups excluding carboxylic acids is 1. The van der Waals surface area contributed by atoms with Crippen molar-refractivity contribution in [3.8, 4) is 17.2 Å². The van der Waals surface area contributed by atoms with Crippen LogP contribution in [0.2, 0.25) is 0 Å². The summed E-state index contributed by atoms with van der Waals surface area (Å²) in [6.45, 7) is 2.81. The average molecular weight is 458 g/mol. The zero-order chi connectivity index (χ0) is 22.9. The van der Waals surface area contributed by atoms with Gasteiger partial charge in [-0.1, -0.05) is 0 Å². The van der Waals surface area contributed by atoms with Gasteiger partial charge in [0, 0.05) is 24.9 Å². The van der Waals surface area contributed by atoms with Crippen LogP contribution in [-0.4, -0.2) is 56.1 Å². The second-order valence-corrected chi connectivity index (χ2v) is 8.21. The molecule has 2 aliphatic rings. The summed E-state index contributed by atoms with van der Waals surface area (Å²) in [6, 6.07) is 12.4. The molecule has 0 spiro atoms. The number of ether oxygens (including phenoxy) is 4. The van der Waals surface area contributed by atoms with Crippen molar-refractivity contribution in [2.24, 2.45) is 5.92 Å². The molecule has 0 aliphatic carbocycles. The molecule has 2 aromatic carbocycles. The molecule has 2 N–H and O–H groups in total. The van der Waals surface area contributed by atoms with Crippen molar-refractivity contribution in [3.05, 3.63) is 48.0 Å². The highest BCUT2D eigenvalue weighted by Crippen LogP contribution is 2.49. The minimum atomic E-state index is -1.01. The van der Waals surface area contributed by atoms with Crippen LogP contribution in [0.15, 0.2) is 42.5 Å². The second-order valence-electron chi connectivity index (χ2n) is 7.83. The van der Waals surface area contributed by atoms with E-state index in [-0.39, 0.29) is 11.9 Å². The number of fused-ring (bicyclic) bond motifs is 4. The van der Waals surface area contributed by atoms with E-state index in [9.17, 15) is 4.79 Å². The average Bonchev–Trinajstić information content (AvgIpc) is 2.78. The van der Waals surface area contributed by atoms with E-state index in [2.05, 4.69) is 10.6 Å². The molecule has 170 valence electrons. The third kappa shape index (κ3) is 3.82. The fourth-order valence-corrected chi connectivity index (χ4v) is 4.76. The molecule has 32 heavy (non-hydrogen) atoms. The summed E-state index contributed by atoms with van der Waals surface area (Å²) in [5.41, 5.74) is 0.481. The summed E-state index contributed by atoms with van der Waals surface area (Å²) in [4.78, 5) is 15.5. The lowest BCUT2D eigenvalue weighted by Crippen LogP contribution is -2.72. The van der Waals surface area contributed by atoms with Crippen molar-refractivity contribution in [1.29, 1.82) is 0 Å². The number of thiocarbonyl (C=S) groups is 1. The molecule has 2 bridgehead atoms.